The largest absolute Gasteiger partial charge is 0.376 e. The van der Waals surface area contributed by atoms with Gasteiger partial charge in [0.15, 0.2) is 0 Å². The van der Waals surface area contributed by atoms with Gasteiger partial charge in [-0.25, -0.2) is 4.98 Å². The number of pyridine rings is 1. The number of rotatable bonds is 3. The molecule has 2 aliphatic carbocycles. The zero-order chi connectivity index (χ0) is 17.4. The Bertz CT molecular complexity index is 863. The second kappa shape index (κ2) is 6.46. The highest BCUT2D eigenvalue weighted by molar-refractivity contribution is 5.60. The van der Waals surface area contributed by atoms with E-state index in [1.165, 1.54) is 36.3 Å². The number of aromatic nitrogens is 2. The second-order valence-corrected chi connectivity index (χ2v) is 7.26. The molecule has 2 aliphatic rings. The van der Waals surface area contributed by atoms with E-state index < -0.39 is 16.2 Å². The van der Waals surface area contributed by atoms with Crippen LogP contribution in [0.5, 0.6) is 0 Å². The summed E-state index contributed by atoms with van der Waals surface area (Å²) in [5.74, 6) is 1.61. The van der Waals surface area contributed by atoms with Crippen LogP contribution in [0.15, 0.2) is 29.2 Å². The quantitative estimate of drug-likeness (QED) is 0.682. The molecule has 2 heterocycles. The zero-order valence-corrected chi connectivity index (χ0v) is 14.1. The predicted octanol–water partition coefficient (Wildman–Crippen LogP) is 3.37. The third-order valence-corrected chi connectivity index (χ3v) is 5.77. The first-order valence-corrected chi connectivity index (χ1v) is 9.06. The van der Waals surface area contributed by atoms with Crippen molar-refractivity contribution in [1.29, 1.82) is 0 Å². The molecule has 0 spiro atoms. The predicted molar refractivity (Wildman–Crippen MR) is 94.8 cm³/mol. The third-order valence-electron chi connectivity index (χ3n) is 5.77. The third kappa shape index (κ3) is 2.99. The molecule has 0 saturated heterocycles. The molecule has 0 aromatic carbocycles. The van der Waals surface area contributed by atoms with Crippen molar-refractivity contribution in [1.82, 2.24) is 9.38 Å². The van der Waals surface area contributed by atoms with Crippen LogP contribution in [0.25, 0.3) is 5.65 Å². The fourth-order valence-corrected chi connectivity index (χ4v) is 4.54. The Kier molecular flexibility index (Phi) is 4.15. The standard InChI is InChI=1S/C18H22N4O3/c23-18-16(22(24)25)17(20-15-7-3-4-10-21(15)18)19-14-9-8-12-5-1-2-6-13(12)11-14/h3-4,7,10,12-14,19H,1-2,5-6,8-9,11H2/t12-,13-,14+/m0/s1. The van der Waals surface area contributed by atoms with Crippen molar-refractivity contribution in [2.75, 3.05) is 5.32 Å². The lowest BCUT2D eigenvalue weighted by Crippen LogP contribution is -2.35. The normalized spacial score (nSPS) is 26.2. The fraction of sp³-hybridized carbons (Fsp3) is 0.556. The van der Waals surface area contributed by atoms with Crippen LogP contribution < -0.4 is 10.9 Å². The molecule has 0 aliphatic heterocycles. The molecular weight excluding hydrogens is 320 g/mol. The molecule has 1 N–H and O–H groups in total. The molecule has 0 radical (unpaired) electrons. The van der Waals surface area contributed by atoms with E-state index in [0.29, 0.717) is 11.6 Å². The van der Waals surface area contributed by atoms with Gasteiger partial charge in [-0.1, -0.05) is 31.7 Å². The van der Waals surface area contributed by atoms with Gasteiger partial charge in [-0.15, -0.1) is 0 Å². The van der Waals surface area contributed by atoms with Crippen LogP contribution >= 0.6 is 0 Å². The Hall–Kier alpha value is -2.44. The summed E-state index contributed by atoms with van der Waals surface area (Å²) < 4.78 is 1.22. The highest BCUT2D eigenvalue weighted by atomic mass is 16.6. The van der Waals surface area contributed by atoms with Crippen LogP contribution in [0.4, 0.5) is 11.5 Å². The molecule has 132 valence electrons. The van der Waals surface area contributed by atoms with Crippen LogP contribution in [-0.2, 0) is 0 Å². The molecular formula is C18H22N4O3. The van der Waals surface area contributed by atoms with Gasteiger partial charge in [-0.2, -0.15) is 0 Å². The van der Waals surface area contributed by atoms with Gasteiger partial charge in [0.2, 0.25) is 5.82 Å². The first-order valence-electron chi connectivity index (χ1n) is 9.06. The molecule has 2 aromatic rings. The van der Waals surface area contributed by atoms with Crippen molar-refractivity contribution < 1.29 is 4.92 Å². The molecule has 4 rings (SSSR count). The second-order valence-electron chi connectivity index (χ2n) is 7.26. The number of fused-ring (bicyclic) bond motifs is 2. The van der Waals surface area contributed by atoms with Crippen molar-refractivity contribution in [3.63, 3.8) is 0 Å². The van der Waals surface area contributed by atoms with Gasteiger partial charge >= 0.3 is 11.2 Å². The Labute approximate surface area is 145 Å². The molecule has 3 atom stereocenters. The molecule has 0 amide bonds. The monoisotopic (exact) mass is 342 g/mol. The van der Waals surface area contributed by atoms with Crippen LogP contribution in [0, 0.1) is 22.0 Å². The Morgan fingerprint density at radius 3 is 2.76 bits per heavy atom. The number of nitro groups is 1. The van der Waals surface area contributed by atoms with E-state index >= 15 is 0 Å². The van der Waals surface area contributed by atoms with E-state index in [1.54, 1.807) is 18.2 Å². The molecule has 0 bridgehead atoms. The maximum atomic E-state index is 12.5. The van der Waals surface area contributed by atoms with Gasteiger partial charge in [0, 0.05) is 12.2 Å². The van der Waals surface area contributed by atoms with Crippen molar-refractivity contribution in [3.05, 3.63) is 44.9 Å². The summed E-state index contributed by atoms with van der Waals surface area (Å²) in [6.45, 7) is 0. The molecule has 7 heteroatoms. The number of hydrogen-bond acceptors (Lipinski definition) is 5. The van der Waals surface area contributed by atoms with Gasteiger partial charge in [-0.05, 0) is 43.2 Å². The van der Waals surface area contributed by atoms with E-state index in [9.17, 15) is 14.9 Å². The lowest BCUT2D eigenvalue weighted by atomic mass is 9.69. The van der Waals surface area contributed by atoms with Gasteiger partial charge in [-0.3, -0.25) is 19.3 Å². The average molecular weight is 342 g/mol. The van der Waals surface area contributed by atoms with Gasteiger partial charge in [0.25, 0.3) is 0 Å². The van der Waals surface area contributed by atoms with Gasteiger partial charge in [0.05, 0.1) is 4.92 Å². The number of anilines is 1. The maximum absolute atomic E-state index is 12.5. The van der Waals surface area contributed by atoms with Crippen molar-refractivity contribution in [2.24, 2.45) is 11.8 Å². The molecule has 7 nitrogen and oxygen atoms in total. The van der Waals surface area contributed by atoms with Crippen LogP contribution in [0.3, 0.4) is 0 Å². The van der Waals surface area contributed by atoms with E-state index in [2.05, 4.69) is 10.3 Å². The minimum atomic E-state index is -0.635. The summed E-state index contributed by atoms with van der Waals surface area (Å²) in [5.41, 5.74) is -0.675. The average Bonchev–Trinajstić information content (AvgIpc) is 2.61. The minimum Gasteiger partial charge on any atom is -0.361 e. The summed E-state index contributed by atoms with van der Waals surface area (Å²) in [6, 6.07) is 5.27. The Morgan fingerprint density at radius 2 is 1.96 bits per heavy atom. The Morgan fingerprint density at radius 1 is 1.16 bits per heavy atom. The highest BCUT2D eigenvalue weighted by Crippen LogP contribution is 2.41. The van der Waals surface area contributed by atoms with Gasteiger partial charge < -0.3 is 5.32 Å². The SMILES string of the molecule is O=c1c([N+](=O)[O-])c(N[C@@H]2CC[C@@H]3CCCC[C@H]3C2)nc2ccccn12. The van der Waals surface area contributed by atoms with E-state index in [-0.39, 0.29) is 11.9 Å². The maximum Gasteiger partial charge on any atom is 0.376 e. The van der Waals surface area contributed by atoms with E-state index in [1.807, 2.05) is 0 Å². The fourth-order valence-electron chi connectivity index (χ4n) is 4.54. The zero-order valence-electron chi connectivity index (χ0n) is 14.1. The molecule has 2 aromatic heterocycles. The van der Waals surface area contributed by atoms with Crippen molar-refractivity contribution in [3.8, 4) is 0 Å². The number of hydrogen-bond donors (Lipinski definition) is 1. The lowest BCUT2D eigenvalue weighted by molar-refractivity contribution is -0.385. The molecule has 25 heavy (non-hydrogen) atoms. The topological polar surface area (TPSA) is 89.5 Å². The van der Waals surface area contributed by atoms with E-state index in [4.69, 9.17) is 0 Å². The van der Waals surface area contributed by atoms with Crippen LogP contribution in [0.2, 0.25) is 0 Å². The smallest absolute Gasteiger partial charge is 0.361 e. The highest BCUT2D eigenvalue weighted by Gasteiger charge is 2.34. The van der Waals surface area contributed by atoms with Crippen LogP contribution in [-0.4, -0.2) is 20.3 Å². The first-order chi connectivity index (χ1) is 12.1. The molecule has 2 fully saturated rings. The summed E-state index contributed by atoms with van der Waals surface area (Å²) >= 11 is 0. The van der Waals surface area contributed by atoms with Crippen molar-refractivity contribution in [2.45, 2.75) is 51.0 Å². The number of nitrogens with one attached hydrogen (secondary N) is 1. The molecule has 2 saturated carbocycles. The van der Waals surface area contributed by atoms with Gasteiger partial charge in [0.1, 0.15) is 5.65 Å². The lowest BCUT2D eigenvalue weighted by Gasteiger charge is -2.39. The number of nitrogens with zero attached hydrogens (tertiary/aromatic N) is 3. The summed E-state index contributed by atoms with van der Waals surface area (Å²) in [7, 11) is 0. The summed E-state index contributed by atoms with van der Waals surface area (Å²) in [4.78, 5) is 27.7. The van der Waals surface area contributed by atoms with E-state index in [0.717, 1.165) is 25.2 Å². The summed E-state index contributed by atoms with van der Waals surface area (Å²) in [5, 5.41) is 14.7. The first kappa shape index (κ1) is 16.1. The minimum absolute atomic E-state index is 0.112. The van der Waals surface area contributed by atoms with Crippen LogP contribution in [0.1, 0.15) is 44.9 Å². The Balaban J connectivity index is 1.65. The van der Waals surface area contributed by atoms with Crippen molar-refractivity contribution >= 4 is 17.2 Å². The summed E-state index contributed by atoms with van der Waals surface area (Å²) in [6.07, 6.45) is 9.83. The molecule has 0 unspecified atom stereocenters.